The molecule has 0 unspecified atom stereocenters. The van der Waals surface area contributed by atoms with Crippen molar-refractivity contribution in [2.45, 2.75) is 43.6 Å². The van der Waals surface area contributed by atoms with Gasteiger partial charge in [0.15, 0.2) is 0 Å². The third kappa shape index (κ3) is 1.59. The van der Waals surface area contributed by atoms with E-state index in [1.165, 1.54) is 11.1 Å². The van der Waals surface area contributed by atoms with E-state index in [0.29, 0.717) is 6.42 Å². The molecule has 3 rings (SSSR count). The fraction of sp³-hybridized carbons (Fsp3) is 0.438. The van der Waals surface area contributed by atoms with Crippen molar-refractivity contribution in [3.63, 3.8) is 0 Å². The summed E-state index contributed by atoms with van der Waals surface area (Å²) in [5.41, 5.74) is 2.97. The Morgan fingerprint density at radius 2 is 2.22 bits per heavy atom. The first-order valence-electron chi connectivity index (χ1n) is 6.75. The summed E-state index contributed by atoms with van der Waals surface area (Å²) in [6.45, 7) is 3.92. The van der Waals surface area contributed by atoms with Crippen LogP contribution in [0.3, 0.4) is 0 Å². The van der Waals surface area contributed by atoms with Crippen LogP contribution >= 0.6 is 0 Å². The Kier molecular flexibility index (Phi) is 2.73. The molecule has 0 radical (unpaired) electrons. The molecule has 2 aliphatic rings. The highest BCUT2D eigenvalue weighted by molar-refractivity contribution is 5.78. The SMILES string of the molecule is C=CC[C@]12CCC(=O)N[C@@H]1CCc1ccccc12. The van der Waals surface area contributed by atoms with Crippen molar-refractivity contribution >= 4 is 5.91 Å². The molecule has 2 heteroatoms. The number of rotatable bonds is 2. The molecular formula is C16H19NO. The van der Waals surface area contributed by atoms with Crippen LogP contribution in [0, 0.1) is 0 Å². The second-order valence-corrected chi connectivity index (χ2v) is 5.46. The molecule has 18 heavy (non-hydrogen) atoms. The monoisotopic (exact) mass is 241 g/mol. The zero-order valence-corrected chi connectivity index (χ0v) is 10.6. The zero-order chi connectivity index (χ0) is 12.6. The standard InChI is InChI=1S/C16H19NO/c1-2-10-16-11-9-15(18)17-14(16)8-7-12-5-3-4-6-13(12)16/h2-6,14H,1,7-11H2,(H,17,18)/t14-,16-/m1/s1. The molecule has 0 spiro atoms. The summed E-state index contributed by atoms with van der Waals surface area (Å²) in [5.74, 6) is 0.207. The molecule has 2 atom stereocenters. The predicted octanol–water partition coefficient (Wildman–Crippen LogP) is 2.73. The molecule has 94 valence electrons. The van der Waals surface area contributed by atoms with E-state index in [4.69, 9.17) is 0 Å². The first-order valence-corrected chi connectivity index (χ1v) is 6.75. The van der Waals surface area contributed by atoms with E-state index in [9.17, 15) is 4.79 Å². The fourth-order valence-electron chi connectivity index (χ4n) is 3.72. The van der Waals surface area contributed by atoms with Gasteiger partial charge in [-0.1, -0.05) is 30.3 Å². The first-order chi connectivity index (χ1) is 8.76. The van der Waals surface area contributed by atoms with Gasteiger partial charge in [-0.2, -0.15) is 0 Å². The average Bonchev–Trinajstić information content (AvgIpc) is 2.40. The van der Waals surface area contributed by atoms with Crippen LogP contribution in [0.25, 0.3) is 0 Å². The Hall–Kier alpha value is -1.57. The Balaban J connectivity index is 2.10. The minimum Gasteiger partial charge on any atom is -0.352 e. The average molecular weight is 241 g/mol. The molecule has 0 saturated carbocycles. The number of carbonyl (C=O) groups is 1. The van der Waals surface area contributed by atoms with Crippen molar-refractivity contribution in [2.24, 2.45) is 0 Å². The third-order valence-corrected chi connectivity index (χ3v) is 4.57. The molecule has 1 aliphatic heterocycles. The second-order valence-electron chi connectivity index (χ2n) is 5.46. The van der Waals surface area contributed by atoms with Crippen LogP contribution in [0.2, 0.25) is 0 Å². The van der Waals surface area contributed by atoms with Gasteiger partial charge < -0.3 is 5.32 Å². The highest BCUT2D eigenvalue weighted by Gasteiger charge is 2.46. The molecular weight excluding hydrogens is 222 g/mol. The number of hydrogen-bond acceptors (Lipinski definition) is 1. The van der Waals surface area contributed by atoms with Gasteiger partial charge in [0.25, 0.3) is 0 Å². The van der Waals surface area contributed by atoms with Crippen molar-refractivity contribution < 1.29 is 4.79 Å². The topological polar surface area (TPSA) is 29.1 Å². The van der Waals surface area contributed by atoms with Gasteiger partial charge in [-0.05, 0) is 36.8 Å². The number of allylic oxidation sites excluding steroid dienone is 1. The zero-order valence-electron chi connectivity index (χ0n) is 10.6. The maximum Gasteiger partial charge on any atom is 0.220 e. The number of fused-ring (bicyclic) bond motifs is 3. The second kappa shape index (κ2) is 4.27. The van der Waals surface area contributed by atoms with E-state index in [2.05, 4.69) is 36.2 Å². The van der Waals surface area contributed by atoms with E-state index in [1.807, 2.05) is 6.08 Å². The molecule has 1 N–H and O–H groups in total. The van der Waals surface area contributed by atoms with Gasteiger partial charge in [-0.15, -0.1) is 6.58 Å². The molecule has 0 aromatic heterocycles. The van der Waals surface area contributed by atoms with Crippen molar-refractivity contribution in [1.82, 2.24) is 5.32 Å². The summed E-state index contributed by atoms with van der Waals surface area (Å²) in [5, 5.41) is 3.20. The van der Waals surface area contributed by atoms with E-state index in [0.717, 1.165) is 25.7 Å². The summed E-state index contributed by atoms with van der Waals surface area (Å²) < 4.78 is 0. The lowest BCUT2D eigenvalue weighted by Gasteiger charge is -2.48. The highest BCUT2D eigenvalue weighted by atomic mass is 16.1. The molecule has 1 aromatic carbocycles. The van der Waals surface area contributed by atoms with Gasteiger partial charge in [0.05, 0.1) is 0 Å². The van der Waals surface area contributed by atoms with Crippen molar-refractivity contribution in [3.8, 4) is 0 Å². The summed E-state index contributed by atoms with van der Waals surface area (Å²) in [6.07, 6.45) is 6.67. The number of hydrogen-bond donors (Lipinski definition) is 1. The molecule has 1 saturated heterocycles. The van der Waals surface area contributed by atoms with E-state index in [1.54, 1.807) is 0 Å². The number of amides is 1. The minimum atomic E-state index is 0.0878. The Morgan fingerprint density at radius 3 is 3.06 bits per heavy atom. The Labute approximate surface area is 108 Å². The number of nitrogens with one attached hydrogen (secondary N) is 1. The van der Waals surface area contributed by atoms with Crippen molar-refractivity contribution in [1.29, 1.82) is 0 Å². The number of piperidine rings is 1. The van der Waals surface area contributed by atoms with E-state index in [-0.39, 0.29) is 17.4 Å². The molecule has 1 fully saturated rings. The number of benzene rings is 1. The quantitative estimate of drug-likeness (QED) is 0.793. The first kappa shape index (κ1) is 11.5. The smallest absolute Gasteiger partial charge is 0.220 e. The lowest BCUT2D eigenvalue weighted by atomic mass is 9.61. The molecule has 0 bridgehead atoms. The van der Waals surface area contributed by atoms with Gasteiger partial charge in [0, 0.05) is 17.9 Å². The van der Waals surface area contributed by atoms with Gasteiger partial charge in [-0.25, -0.2) is 0 Å². The maximum absolute atomic E-state index is 11.6. The summed E-state index contributed by atoms with van der Waals surface area (Å²) in [6, 6.07) is 8.98. The Morgan fingerprint density at radius 1 is 1.39 bits per heavy atom. The Bertz CT molecular complexity index is 494. The molecule has 1 heterocycles. The van der Waals surface area contributed by atoms with Crippen LogP contribution < -0.4 is 5.32 Å². The van der Waals surface area contributed by atoms with Gasteiger partial charge in [0.1, 0.15) is 0 Å². The van der Waals surface area contributed by atoms with Crippen molar-refractivity contribution in [2.75, 3.05) is 0 Å². The minimum absolute atomic E-state index is 0.0878. The van der Waals surface area contributed by atoms with Gasteiger partial charge in [0.2, 0.25) is 5.91 Å². The highest BCUT2D eigenvalue weighted by Crippen LogP contribution is 2.45. The number of carbonyl (C=O) groups excluding carboxylic acids is 1. The van der Waals surface area contributed by atoms with Crippen LogP contribution in [-0.2, 0) is 16.6 Å². The van der Waals surface area contributed by atoms with Crippen LogP contribution in [-0.4, -0.2) is 11.9 Å². The molecule has 2 nitrogen and oxygen atoms in total. The molecule has 1 amide bonds. The van der Waals surface area contributed by atoms with Crippen molar-refractivity contribution in [3.05, 3.63) is 48.0 Å². The predicted molar refractivity (Wildman–Crippen MR) is 72.4 cm³/mol. The molecule has 1 aliphatic carbocycles. The van der Waals surface area contributed by atoms with Gasteiger partial charge in [-0.3, -0.25) is 4.79 Å². The van der Waals surface area contributed by atoms with E-state index < -0.39 is 0 Å². The normalized spacial score (nSPS) is 30.0. The van der Waals surface area contributed by atoms with Crippen LogP contribution in [0.15, 0.2) is 36.9 Å². The fourth-order valence-corrected chi connectivity index (χ4v) is 3.72. The van der Waals surface area contributed by atoms with Crippen LogP contribution in [0.1, 0.15) is 36.8 Å². The summed E-state index contributed by atoms with van der Waals surface area (Å²) >= 11 is 0. The maximum atomic E-state index is 11.6. The van der Waals surface area contributed by atoms with Gasteiger partial charge >= 0.3 is 0 Å². The van der Waals surface area contributed by atoms with Crippen LogP contribution in [0.5, 0.6) is 0 Å². The summed E-state index contributed by atoms with van der Waals surface area (Å²) in [7, 11) is 0. The van der Waals surface area contributed by atoms with E-state index >= 15 is 0 Å². The third-order valence-electron chi connectivity index (χ3n) is 4.57. The lowest BCUT2D eigenvalue weighted by Crippen LogP contribution is -2.56. The molecule has 1 aromatic rings. The summed E-state index contributed by atoms with van der Waals surface area (Å²) in [4.78, 5) is 11.6. The number of aryl methyl sites for hydroxylation is 1. The lowest BCUT2D eigenvalue weighted by molar-refractivity contribution is -0.125. The van der Waals surface area contributed by atoms with Crippen LogP contribution in [0.4, 0.5) is 0 Å². The largest absolute Gasteiger partial charge is 0.352 e.